The van der Waals surface area contributed by atoms with Gasteiger partial charge in [-0.05, 0) is 71.0 Å². The number of rotatable bonds is 6. The van der Waals surface area contributed by atoms with Crippen LogP contribution in [0.4, 0.5) is 17.5 Å². The molecule has 0 bridgehead atoms. The van der Waals surface area contributed by atoms with Gasteiger partial charge in [0.05, 0.1) is 0 Å². The number of benzene rings is 1. The van der Waals surface area contributed by atoms with E-state index >= 15 is 0 Å². The standard InChI is InChI=1S/C18H27N5/c1-12-6-9-16(10-13(12)2)21-18-20-11-15(17(19)22-18)8-7-14(3)23(4)5/h6,9-11,14H,7-8H2,1-5H3,(H3,19,20,21,22). The molecule has 2 aromatic rings. The average molecular weight is 313 g/mol. The molecule has 0 saturated heterocycles. The lowest BCUT2D eigenvalue weighted by Gasteiger charge is -2.19. The van der Waals surface area contributed by atoms with E-state index in [0.29, 0.717) is 17.8 Å². The molecule has 5 nitrogen and oxygen atoms in total. The summed E-state index contributed by atoms with van der Waals surface area (Å²) in [6.45, 7) is 6.38. The van der Waals surface area contributed by atoms with Crippen molar-refractivity contribution >= 4 is 17.5 Å². The molecule has 124 valence electrons. The summed E-state index contributed by atoms with van der Waals surface area (Å²) in [6, 6.07) is 6.69. The van der Waals surface area contributed by atoms with Crippen LogP contribution in [0.2, 0.25) is 0 Å². The van der Waals surface area contributed by atoms with Crippen molar-refractivity contribution in [1.82, 2.24) is 14.9 Å². The summed E-state index contributed by atoms with van der Waals surface area (Å²) in [4.78, 5) is 11.0. The lowest BCUT2D eigenvalue weighted by atomic mass is 10.1. The van der Waals surface area contributed by atoms with Gasteiger partial charge in [-0.25, -0.2) is 4.98 Å². The molecule has 0 aliphatic heterocycles. The van der Waals surface area contributed by atoms with Crippen molar-refractivity contribution in [2.45, 2.75) is 39.7 Å². The van der Waals surface area contributed by atoms with Crippen LogP contribution in [0.25, 0.3) is 0 Å². The van der Waals surface area contributed by atoms with E-state index in [2.05, 4.69) is 67.2 Å². The van der Waals surface area contributed by atoms with Crippen molar-refractivity contribution in [3.63, 3.8) is 0 Å². The van der Waals surface area contributed by atoms with E-state index in [1.807, 2.05) is 12.3 Å². The van der Waals surface area contributed by atoms with E-state index in [1.54, 1.807) is 0 Å². The Morgan fingerprint density at radius 1 is 1.22 bits per heavy atom. The molecule has 1 atom stereocenters. The molecular weight excluding hydrogens is 286 g/mol. The minimum Gasteiger partial charge on any atom is -0.383 e. The van der Waals surface area contributed by atoms with Gasteiger partial charge in [-0.15, -0.1) is 0 Å². The Hall–Kier alpha value is -2.14. The Kier molecular flexibility index (Phi) is 5.55. The zero-order valence-electron chi connectivity index (χ0n) is 14.7. The van der Waals surface area contributed by atoms with Crippen LogP contribution in [0.1, 0.15) is 30.0 Å². The lowest BCUT2D eigenvalue weighted by Crippen LogP contribution is -2.25. The number of nitrogens with one attached hydrogen (secondary N) is 1. The second-order valence-electron chi connectivity index (χ2n) is 6.38. The van der Waals surface area contributed by atoms with Crippen molar-refractivity contribution in [3.05, 3.63) is 41.1 Å². The van der Waals surface area contributed by atoms with Gasteiger partial charge in [-0.1, -0.05) is 6.07 Å². The third kappa shape index (κ3) is 4.66. The maximum Gasteiger partial charge on any atom is 0.229 e. The SMILES string of the molecule is Cc1ccc(Nc2ncc(CCC(C)N(C)C)c(N)n2)cc1C. The minimum absolute atomic E-state index is 0.503. The molecule has 0 spiro atoms. The van der Waals surface area contributed by atoms with E-state index in [4.69, 9.17) is 5.73 Å². The first-order valence-corrected chi connectivity index (χ1v) is 7.99. The second-order valence-corrected chi connectivity index (χ2v) is 6.38. The maximum atomic E-state index is 6.09. The second kappa shape index (κ2) is 7.42. The summed E-state index contributed by atoms with van der Waals surface area (Å²) in [5.41, 5.74) is 10.6. The Labute approximate surface area is 138 Å². The van der Waals surface area contributed by atoms with E-state index in [9.17, 15) is 0 Å². The summed E-state index contributed by atoms with van der Waals surface area (Å²) >= 11 is 0. The quantitative estimate of drug-likeness (QED) is 0.856. The Morgan fingerprint density at radius 3 is 2.57 bits per heavy atom. The number of hydrogen-bond acceptors (Lipinski definition) is 5. The van der Waals surface area contributed by atoms with Gasteiger partial charge in [0.25, 0.3) is 0 Å². The van der Waals surface area contributed by atoms with Gasteiger partial charge >= 0.3 is 0 Å². The summed E-state index contributed by atoms with van der Waals surface area (Å²) in [7, 11) is 4.17. The maximum absolute atomic E-state index is 6.09. The van der Waals surface area contributed by atoms with Gasteiger partial charge in [-0.2, -0.15) is 4.98 Å². The van der Waals surface area contributed by atoms with Crippen LogP contribution in [0.5, 0.6) is 0 Å². The van der Waals surface area contributed by atoms with Crippen LogP contribution in [0.3, 0.4) is 0 Å². The van der Waals surface area contributed by atoms with Gasteiger partial charge in [0.15, 0.2) is 0 Å². The molecule has 1 aromatic heterocycles. The molecule has 1 aromatic carbocycles. The fourth-order valence-corrected chi connectivity index (χ4v) is 2.24. The number of nitrogens with zero attached hydrogens (tertiary/aromatic N) is 3. The van der Waals surface area contributed by atoms with Gasteiger partial charge in [-0.3, -0.25) is 0 Å². The zero-order valence-corrected chi connectivity index (χ0v) is 14.7. The molecule has 1 heterocycles. The van der Waals surface area contributed by atoms with E-state index in [-0.39, 0.29) is 0 Å². The van der Waals surface area contributed by atoms with Crippen LogP contribution in [0, 0.1) is 13.8 Å². The summed E-state index contributed by atoms with van der Waals surface area (Å²) in [6.07, 6.45) is 3.74. The predicted octanol–water partition coefficient (Wildman–Crippen LogP) is 3.30. The van der Waals surface area contributed by atoms with Crippen molar-refractivity contribution < 1.29 is 0 Å². The van der Waals surface area contributed by atoms with Crippen molar-refractivity contribution in [2.24, 2.45) is 0 Å². The molecule has 1 unspecified atom stereocenters. The predicted molar refractivity (Wildman–Crippen MR) is 97.1 cm³/mol. The topological polar surface area (TPSA) is 67.1 Å². The highest BCUT2D eigenvalue weighted by atomic mass is 15.1. The average Bonchev–Trinajstić information content (AvgIpc) is 2.49. The third-order valence-corrected chi connectivity index (χ3v) is 4.37. The normalized spacial score (nSPS) is 12.4. The largest absolute Gasteiger partial charge is 0.383 e. The van der Waals surface area contributed by atoms with E-state index in [1.165, 1.54) is 11.1 Å². The highest BCUT2D eigenvalue weighted by Gasteiger charge is 2.09. The third-order valence-electron chi connectivity index (χ3n) is 4.37. The Balaban J connectivity index is 2.05. The zero-order chi connectivity index (χ0) is 17.0. The Morgan fingerprint density at radius 2 is 1.96 bits per heavy atom. The van der Waals surface area contributed by atoms with E-state index < -0.39 is 0 Å². The summed E-state index contributed by atoms with van der Waals surface area (Å²) in [5.74, 6) is 1.09. The van der Waals surface area contributed by atoms with Crippen molar-refractivity contribution in [1.29, 1.82) is 0 Å². The molecular formula is C18H27N5. The smallest absolute Gasteiger partial charge is 0.229 e. The van der Waals surface area contributed by atoms with Crippen molar-refractivity contribution in [2.75, 3.05) is 25.1 Å². The summed E-state index contributed by atoms with van der Waals surface area (Å²) < 4.78 is 0. The molecule has 0 aliphatic carbocycles. The molecule has 0 radical (unpaired) electrons. The molecule has 2 rings (SSSR count). The number of aryl methyl sites for hydroxylation is 3. The fourth-order valence-electron chi connectivity index (χ4n) is 2.24. The molecule has 23 heavy (non-hydrogen) atoms. The number of aromatic nitrogens is 2. The molecule has 0 saturated carbocycles. The van der Waals surface area contributed by atoms with Crippen LogP contribution >= 0.6 is 0 Å². The molecule has 0 amide bonds. The first kappa shape index (κ1) is 17.2. The van der Waals surface area contributed by atoms with Crippen LogP contribution in [0.15, 0.2) is 24.4 Å². The fraction of sp³-hybridized carbons (Fsp3) is 0.444. The van der Waals surface area contributed by atoms with Gasteiger partial charge in [0.2, 0.25) is 5.95 Å². The van der Waals surface area contributed by atoms with Crippen LogP contribution in [-0.4, -0.2) is 35.0 Å². The first-order valence-electron chi connectivity index (χ1n) is 7.99. The first-order chi connectivity index (χ1) is 10.9. The van der Waals surface area contributed by atoms with E-state index in [0.717, 1.165) is 24.1 Å². The number of anilines is 3. The highest BCUT2D eigenvalue weighted by molar-refractivity contribution is 5.57. The Bertz CT molecular complexity index is 666. The van der Waals surface area contributed by atoms with Crippen molar-refractivity contribution in [3.8, 4) is 0 Å². The highest BCUT2D eigenvalue weighted by Crippen LogP contribution is 2.19. The molecule has 3 N–H and O–H groups in total. The molecule has 5 heteroatoms. The van der Waals surface area contributed by atoms with Gasteiger partial charge in [0.1, 0.15) is 5.82 Å². The molecule has 0 fully saturated rings. The van der Waals surface area contributed by atoms with Crippen LogP contribution in [-0.2, 0) is 6.42 Å². The molecule has 0 aliphatic rings. The van der Waals surface area contributed by atoms with Crippen LogP contribution < -0.4 is 11.1 Å². The summed E-state index contributed by atoms with van der Waals surface area (Å²) in [5, 5.41) is 3.21. The number of nitrogen functional groups attached to an aromatic ring is 1. The lowest BCUT2D eigenvalue weighted by molar-refractivity contribution is 0.299. The van der Waals surface area contributed by atoms with Gasteiger partial charge < -0.3 is 16.0 Å². The minimum atomic E-state index is 0.503. The monoisotopic (exact) mass is 313 g/mol. The number of nitrogens with two attached hydrogens (primary N) is 1. The number of hydrogen-bond donors (Lipinski definition) is 2. The van der Waals surface area contributed by atoms with Gasteiger partial charge in [0, 0.05) is 23.5 Å².